The van der Waals surface area contributed by atoms with Gasteiger partial charge < -0.3 is 50.0 Å². The first kappa shape index (κ1) is 52.8. The minimum absolute atomic E-state index is 0.0712. The number of aromatic hydroxyl groups is 5. The third-order valence-corrected chi connectivity index (χ3v) is 12.1. The number of phenolic OH excluding ortho intramolecular Hbond substituents is 5. The molecule has 2 unspecified atom stereocenters. The van der Waals surface area contributed by atoms with Gasteiger partial charge in [-0.2, -0.15) is 0 Å². The maximum absolute atomic E-state index is 13.2. The Morgan fingerprint density at radius 1 is 0.544 bits per heavy atom. The van der Waals surface area contributed by atoms with Crippen molar-refractivity contribution in [3.05, 3.63) is 99.5 Å². The fourth-order valence-electron chi connectivity index (χ4n) is 8.29. The largest absolute Gasteiger partial charge is 0.511 e. The fraction of sp³-hybridized carbons (Fsp3) is 0.464. The van der Waals surface area contributed by atoms with E-state index in [1.54, 1.807) is 42.5 Å². The van der Waals surface area contributed by atoms with Crippen molar-refractivity contribution < 1.29 is 59.2 Å². The highest BCUT2D eigenvalue weighted by Gasteiger charge is 2.46. The van der Waals surface area contributed by atoms with Crippen molar-refractivity contribution in [1.29, 1.82) is 0 Å². The molecule has 0 radical (unpaired) electrons. The van der Waals surface area contributed by atoms with E-state index in [9.17, 15) is 40.5 Å². The zero-order valence-electron chi connectivity index (χ0n) is 40.4. The number of unbranched alkanes of at least 4 members (excludes halogenated alkanes) is 12. The number of aliphatic hydroxyl groups is 2. The molecule has 5 rings (SSSR count). The van der Waals surface area contributed by atoms with Gasteiger partial charge in [0.15, 0.2) is 11.5 Å². The van der Waals surface area contributed by atoms with Crippen molar-refractivity contribution in [2.24, 2.45) is 0 Å². The summed E-state index contributed by atoms with van der Waals surface area (Å²) in [6.07, 6.45) is 24.4. The number of ketones is 2. The van der Waals surface area contributed by atoms with Gasteiger partial charge >= 0.3 is 5.78 Å². The summed E-state index contributed by atoms with van der Waals surface area (Å²) in [7, 11) is 0. The van der Waals surface area contributed by atoms with E-state index in [0.717, 1.165) is 103 Å². The van der Waals surface area contributed by atoms with E-state index in [2.05, 4.69) is 27.7 Å². The van der Waals surface area contributed by atoms with Gasteiger partial charge in [0.25, 0.3) is 12.4 Å². The van der Waals surface area contributed by atoms with Gasteiger partial charge in [0.05, 0.1) is 37.4 Å². The normalized spacial score (nSPS) is 16.7. The summed E-state index contributed by atoms with van der Waals surface area (Å²) in [4.78, 5) is 13.2. The van der Waals surface area contributed by atoms with E-state index < -0.39 is 40.8 Å². The SMILES string of the molecule is CCCCCCOC1=CC(/C=C/c2cc(O)c(C3C(O)=C(c4c(O)cc(/C=C/c5cc(O)c(OCCCCCC)c(OCCCCCC)c5)cc4O)C3O)c(O)c2)=CC(=O)C1=[O+]CCCCCC. The first-order valence-corrected chi connectivity index (χ1v) is 24.7. The van der Waals surface area contributed by atoms with E-state index in [-0.39, 0.29) is 39.8 Å². The molecular weight excluding hydrogens is 865 g/mol. The van der Waals surface area contributed by atoms with E-state index in [1.807, 2.05) is 0 Å². The van der Waals surface area contributed by atoms with Crippen LogP contribution in [0.1, 0.15) is 164 Å². The molecule has 0 amide bonds. The molecule has 0 saturated carbocycles. The maximum Gasteiger partial charge on any atom is 0.431 e. The number of benzene rings is 3. The molecule has 0 aromatic heterocycles. The van der Waals surface area contributed by atoms with Crippen molar-refractivity contribution in [3.63, 3.8) is 0 Å². The van der Waals surface area contributed by atoms with Crippen LogP contribution in [0.2, 0.25) is 0 Å². The molecule has 2 aliphatic rings. The Morgan fingerprint density at radius 3 is 1.59 bits per heavy atom. The highest BCUT2D eigenvalue weighted by molar-refractivity contribution is 6.48. The molecule has 0 fully saturated rings. The summed E-state index contributed by atoms with van der Waals surface area (Å²) in [6, 6.07) is 8.74. The number of rotatable bonds is 29. The first-order valence-electron chi connectivity index (χ1n) is 24.7. The van der Waals surface area contributed by atoms with E-state index in [4.69, 9.17) is 18.6 Å². The molecule has 3 aromatic carbocycles. The van der Waals surface area contributed by atoms with Crippen LogP contribution in [0.3, 0.4) is 0 Å². The van der Waals surface area contributed by atoms with Gasteiger partial charge in [0, 0.05) is 23.6 Å². The molecule has 3 aromatic rings. The topological polar surface area (TPSA) is 198 Å². The van der Waals surface area contributed by atoms with Crippen LogP contribution in [-0.4, -0.2) is 79.8 Å². The van der Waals surface area contributed by atoms with E-state index in [0.29, 0.717) is 60.2 Å². The van der Waals surface area contributed by atoms with Crippen LogP contribution in [0.25, 0.3) is 23.8 Å². The Hall–Kier alpha value is -6.14. The molecule has 0 aliphatic heterocycles. The summed E-state index contributed by atoms with van der Waals surface area (Å²) >= 11 is 0. The summed E-state index contributed by atoms with van der Waals surface area (Å²) in [5, 5.41) is 78.2. The molecule has 0 saturated heterocycles. The van der Waals surface area contributed by atoms with Gasteiger partial charge in [0.1, 0.15) is 28.8 Å². The molecule has 68 heavy (non-hydrogen) atoms. The van der Waals surface area contributed by atoms with Gasteiger partial charge in [-0.15, -0.1) is 0 Å². The molecule has 12 nitrogen and oxygen atoms in total. The van der Waals surface area contributed by atoms with Crippen LogP contribution < -0.4 is 9.47 Å². The minimum Gasteiger partial charge on any atom is -0.511 e. The number of carbonyl (C=O) groups excluding carboxylic acids is 2. The van der Waals surface area contributed by atoms with Crippen LogP contribution in [0, 0.1) is 0 Å². The summed E-state index contributed by atoms with van der Waals surface area (Å²) in [6.45, 7) is 10.3. The Balaban J connectivity index is 1.31. The maximum atomic E-state index is 13.2. The molecule has 7 N–H and O–H groups in total. The van der Waals surface area contributed by atoms with Crippen molar-refractivity contribution >= 4 is 35.4 Å². The van der Waals surface area contributed by atoms with Gasteiger partial charge in [-0.05, 0) is 90.4 Å². The number of phenols is 5. The number of carbonyl (C=O) groups is 1. The second kappa shape index (κ2) is 27.0. The molecule has 2 atom stereocenters. The molecule has 0 heterocycles. The minimum atomic E-state index is -1.52. The number of aliphatic hydroxyl groups excluding tert-OH is 2. The molecular formula is C56H73O12+. The average Bonchev–Trinajstić information content (AvgIpc) is 3.30. The lowest BCUT2D eigenvalue weighted by Crippen LogP contribution is -2.33. The number of hydrogen-bond donors (Lipinski definition) is 7. The van der Waals surface area contributed by atoms with Crippen molar-refractivity contribution in [2.75, 3.05) is 26.4 Å². The van der Waals surface area contributed by atoms with Crippen molar-refractivity contribution in [1.82, 2.24) is 0 Å². The van der Waals surface area contributed by atoms with Gasteiger partial charge in [-0.3, -0.25) is 4.79 Å². The number of allylic oxidation sites excluding steroid dienone is 5. The number of hydrogen-bond acceptors (Lipinski definition) is 11. The first-order chi connectivity index (χ1) is 32.9. The van der Waals surface area contributed by atoms with Crippen LogP contribution in [0.4, 0.5) is 0 Å². The standard InChI is InChI=1S/C56H72O12/c1-5-9-13-17-25-65-47-35-39(33-45(61)55(47)67-27-19-15-11-7-3)23-21-37-29-41(57)49(42(58)30-37)51-53(63)52(54(51)64)50-43(59)31-38(32-44(50)60)22-24-40-34-46(62)56(68-28-20-16-12-8-4)48(36-40)66-26-18-14-10-6-2/h21-24,29-36,51,53,63H,5-20,25-28H2,1-4H3,(H5-,57,58,59,60,62,64)/p+1/b23-21+,24-22+. The third-order valence-electron chi connectivity index (χ3n) is 12.1. The monoisotopic (exact) mass is 938 g/mol. The molecule has 2 aliphatic carbocycles. The van der Waals surface area contributed by atoms with E-state index >= 15 is 0 Å². The zero-order valence-corrected chi connectivity index (χ0v) is 40.4. The lowest BCUT2D eigenvalue weighted by molar-refractivity contribution is -0.457. The second-order valence-corrected chi connectivity index (χ2v) is 17.6. The molecule has 12 heteroatoms. The Bertz CT molecular complexity index is 2300. The quantitative estimate of drug-likeness (QED) is 0.0115. The van der Waals surface area contributed by atoms with Crippen LogP contribution in [0.5, 0.6) is 40.2 Å². The predicted octanol–water partition coefficient (Wildman–Crippen LogP) is 12.4. The smallest absolute Gasteiger partial charge is 0.431 e. The van der Waals surface area contributed by atoms with Gasteiger partial charge in [0.2, 0.25) is 11.5 Å². The van der Waals surface area contributed by atoms with Crippen molar-refractivity contribution in [3.8, 4) is 40.2 Å². The van der Waals surface area contributed by atoms with Gasteiger partial charge in [-0.25, -0.2) is 4.42 Å². The second-order valence-electron chi connectivity index (χ2n) is 17.6. The fourth-order valence-corrected chi connectivity index (χ4v) is 8.29. The lowest BCUT2D eigenvalue weighted by Gasteiger charge is -2.36. The van der Waals surface area contributed by atoms with Crippen molar-refractivity contribution in [2.45, 2.75) is 142 Å². The number of ether oxygens (including phenoxy) is 3. The predicted molar refractivity (Wildman–Crippen MR) is 268 cm³/mol. The lowest BCUT2D eigenvalue weighted by atomic mass is 9.72. The van der Waals surface area contributed by atoms with Crippen LogP contribution in [-0.2, 0) is 14.0 Å². The highest BCUT2D eigenvalue weighted by atomic mass is 16.5. The summed E-state index contributed by atoms with van der Waals surface area (Å²) < 4.78 is 24.0. The Labute approximate surface area is 401 Å². The summed E-state index contributed by atoms with van der Waals surface area (Å²) in [5.41, 5.74) is 1.36. The molecule has 368 valence electrons. The summed E-state index contributed by atoms with van der Waals surface area (Å²) in [5.74, 6) is -2.55. The average molecular weight is 938 g/mol. The third kappa shape index (κ3) is 14.4. The Kier molecular flexibility index (Phi) is 21.0. The zero-order chi connectivity index (χ0) is 49.0. The highest BCUT2D eigenvalue weighted by Crippen LogP contribution is 2.54. The van der Waals surface area contributed by atoms with Crippen LogP contribution in [0.15, 0.2) is 71.7 Å². The van der Waals surface area contributed by atoms with Gasteiger partial charge in [-0.1, -0.05) is 123 Å². The molecule has 0 spiro atoms. The van der Waals surface area contributed by atoms with Crippen LogP contribution >= 0.6 is 0 Å². The van der Waals surface area contributed by atoms with E-state index in [1.165, 1.54) is 30.3 Å². The molecule has 0 bridgehead atoms. The Morgan fingerprint density at radius 2 is 1.03 bits per heavy atom.